The van der Waals surface area contributed by atoms with Crippen molar-refractivity contribution in [2.45, 2.75) is 19.4 Å². The van der Waals surface area contributed by atoms with Gasteiger partial charge in [-0.25, -0.2) is 4.99 Å². The Bertz CT molecular complexity index is 947. The van der Waals surface area contributed by atoms with Gasteiger partial charge in [-0.3, -0.25) is 4.79 Å². The molecule has 0 spiro atoms. The van der Waals surface area contributed by atoms with Crippen molar-refractivity contribution in [1.29, 1.82) is 0 Å². The summed E-state index contributed by atoms with van der Waals surface area (Å²) in [6, 6.07) is 13.3. The fraction of sp³-hybridized carbons (Fsp3) is 0.364. The second kappa shape index (κ2) is 8.43. The van der Waals surface area contributed by atoms with Crippen molar-refractivity contribution in [2.24, 2.45) is 10.9 Å². The summed E-state index contributed by atoms with van der Waals surface area (Å²) in [6.07, 6.45) is 0.711. The molecule has 0 saturated carbocycles. The summed E-state index contributed by atoms with van der Waals surface area (Å²) in [7, 11) is 1.44. The third kappa shape index (κ3) is 3.95. The maximum atomic E-state index is 12.2. The van der Waals surface area contributed by atoms with Crippen LogP contribution in [0.3, 0.4) is 0 Å². The van der Waals surface area contributed by atoms with E-state index in [9.17, 15) is 4.79 Å². The maximum Gasteiger partial charge on any atom is 0.310 e. The van der Waals surface area contributed by atoms with Crippen LogP contribution in [-0.2, 0) is 9.53 Å². The smallest absolute Gasteiger partial charge is 0.310 e. The van der Waals surface area contributed by atoms with E-state index in [-0.39, 0.29) is 17.9 Å². The highest BCUT2D eigenvalue weighted by molar-refractivity contribution is 6.31. The molecule has 0 radical (unpaired) electrons. The monoisotopic (exact) mass is 413 g/mol. The average molecular weight is 414 g/mol. The van der Waals surface area contributed by atoms with Crippen LogP contribution in [0.5, 0.6) is 11.5 Å². The zero-order valence-electron chi connectivity index (χ0n) is 16.5. The summed E-state index contributed by atoms with van der Waals surface area (Å²) in [6.45, 7) is 4.18. The van der Waals surface area contributed by atoms with E-state index in [1.54, 1.807) is 6.07 Å². The average Bonchev–Trinajstić information content (AvgIpc) is 2.91. The molecular weight excluding hydrogens is 390 g/mol. The van der Waals surface area contributed by atoms with Crippen molar-refractivity contribution < 1.29 is 14.3 Å². The van der Waals surface area contributed by atoms with E-state index in [1.807, 2.05) is 43.3 Å². The number of carbonyl (C=O) groups is 1. The van der Waals surface area contributed by atoms with Crippen molar-refractivity contribution in [2.75, 3.05) is 26.7 Å². The molecule has 6 nitrogen and oxygen atoms in total. The molecule has 0 bridgehead atoms. The van der Waals surface area contributed by atoms with E-state index < -0.39 is 0 Å². The number of amidine groups is 1. The molecule has 0 aromatic heterocycles. The lowest BCUT2D eigenvalue weighted by Crippen LogP contribution is -2.56. The van der Waals surface area contributed by atoms with Crippen LogP contribution in [0, 0.1) is 5.92 Å². The minimum atomic E-state index is -0.206. The third-order valence-electron chi connectivity index (χ3n) is 5.43. The first kappa shape index (κ1) is 19.7. The Morgan fingerprint density at radius 2 is 2.17 bits per heavy atom. The number of hydrogen-bond donors (Lipinski definition) is 1. The van der Waals surface area contributed by atoms with Crippen molar-refractivity contribution in [3.05, 3.63) is 53.1 Å². The zero-order chi connectivity index (χ0) is 20.4. The largest absolute Gasteiger partial charge is 0.469 e. The number of para-hydroxylation sites is 1. The van der Waals surface area contributed by atoms with Gasteiger partial charge in [-0.05, 0) is 36.8 Å². The van der Waals surface area contributed by atoms with Crippen LogP contribution in [0.25, 0.3) is 0 Å². The molecule has 1 unspecified atom stereocenters. The number of nitrogens with zero attached hydrogens (tertiary/aromatic N) is 2. The Morgan fingerprint density at radius 3 is 2.97 bits per heavy atom. The fourth-order valence-electron chi connectivity index (χ4n) is 3.95. The normalized spacial score (nSPS) is 19.2. The number of aliphatic imine (C=N–C) groups is 1. The van der Waals surface area contributed by atoms with E-state index in [2.05, 4.69) is 10.2 Å². The quantitative estimate of drug-likeness (QED) is 0.770. The Morgan fingerprint density at radius 1 is 1.34 bits per heavy atom. The standard InChI is InChI=1S/C22H24ClN3O3/c1-3-15(22(27)28-2)18-13-26(11-10-24-18)21-16-6-4-5-7-19(16)29-20-9-8-14(23)12-17(20)25-21/h4-9,12,15,18,24H,3,10-11,13H2,1-2H3/t15?,18-/m0/s1. The molecule has 2 aliphatic heterocycles. The second-order valence-electron chi connectivity index (χ2n) is 7.19. The second-order valence-corrected chi connectivity index (χ2v) is 7.63. The highest BCUT2D eigenvalue weighted by atomic mass is 35.5. The van der Waals surface area contributed by atoms with E-state index in [0.717, 1.165) is 30.2 Å². The summed E-state index contributed by atoms with van der Waals surface area (Å²) in [5.74, 6) is 1.86. The number of halogens is 1. The molecule has 1 fully saturated rings. The Kier molecular flexibility index (Phi) is 5.74. The first-order valence-corrected chi connectivity index (χ1v) is 10.2. The molecule has 1 N–H and O–H groups in total. The minimum absolute atomic E-state index is 0.0148. The van der Waals surface area contributed by atoms with Crippen LogP contribution in [0.1, 0.15) is 18.9 Å². The lowest BCUT2D eigenvalue weighted by atomic mass is 9.94. The molecule has 4 rings (SSSR count). The molecule has 2 heterocycles. The number of piperazine rings is 1. The Balaban J connectivity index is 1.72. The van der Waals surface area contributed by atoms with Gasteiger partial charge in [-0.15, -0.1) is 0 Å². The van der Waals surface area contributed by atoms with Crippen LogP contribution in [0.4, 0.5) is 5.69 Å². The third-order valence-corrected chi connectivity index (χ3v) is 5.66. The molecule has 2 atom stereocenters. The Hall–Kier alpha value is -2.57. The highest BCUT2D eigenvalue weighted by Crippen LogP contribution is 2.39. The van der Waals surface area contributed by atoms with Gasteiger partial charge in [-0.2, -0.15) is 0 Å². The molecular formula is C22H24ClN3O3. The van der Waals surface area contributed by atoms with Gasteiger partial charge >= 0.3 is 5.97 Å². The zero-order valence-corrected chi connectivity index (χ0v) is 17.3. The summed E-state index contributed by atoms with van der Waals surface area (Å²) in [5.41, 5.74) is 1.62. The number of esters is 1. The SMILES string of the molecule is CCC(C(=O)OC)[C@@H]1CN(C2=Nc3cc(Cl)ccc3Oc3ccccc32)CCN1. The van der Waals surface area contributed by atoms with Crippen molar-refractivity contribution >= 4 is 29.1 Å². The Labute approximate surface area is 175 Å². The van der Waals surface area contributed by atoms with Crippen LogP contribution in [0.2, 0.25) is 5.02 Å². The highest BCUT2D eigenvalue weighted by Gasteiger charge is 2.33. The summed E-state index contributed by atoms with van der Waals surface area (Å²) >= 11 is 6.21. The van der Waals surface area contributed by atoms with E-state index in [0.29, 0.717) is 29.4 Å². The first-order valence-electron chi connectivity index (χ1n) is 9.82. The first-order chi connectivity index (χ1) is 14.1. The van der Waals surface area contributed by atoms with Crippen LogP contribution in [-0.4, -0.2) is 49.5 Å². The predicted octanol–water partition coefficient (Wildman–Crippen LogP) is 4.00. The topological polar surface area (TPSA) is 63.2 Å². The van der Waals surface area contributed by atoms with Gasteiger partial charge in [0.05, 0.1) is 18.6 Å². The van der Waals surface area contributed by atoms with Crippen molar-refractivity contribution in [1.82, 2.24) is 10.2 Å². The molecule has 2 aliphatic rings. The maximum absolute atomic E-state index is 12.2. The summed E-state index contributed by atoms with van der Waals surface area (Å²) in [5, 5.41) is 4.08. The van der Waals surface area contributed by atoms with Gasteiger partial charge < -0.3 is 19.7 Å². The van der Waals surface area contributed by atoms with Gasteiger partial charge in [0.1, 0.15) is 17.3 Å². The van der Waals surface area contributed by atoms with Gasteiger partial charge in [-0.1, -0.05) is 30.7 Å². The minimum Gasteiger partial charge on any atom is -0.469 e. The predicted molar refractivity (Wildman–Crippen MR) is 113 cm³/mol. The lowest BCUT2D eigenvalue weighted by molar-refractivity contribution is -0.147. The van der Waals surface area contributed by atoms with Gasteiger partial charge in [0.15, 0.2) is 5.75 Å². The van der Waals surface area contributed by atoms with Gasteiger partial charge in [0.25, 0.3) is 0 Å². The molecule has 2 aromatic carbocycles. The van der Waals surface area contributed by atoms with E-state index >= 15 is 0 Å². The summed E-state index contributed by atoms with van der Waals surface area (Å²) < 4.78 is 11.2. The number of methoxy groups -OCH3 is 1. The fourth-order valence-corrected chi connectivity index (χ4v) is 4.11. The van der Waals surface area contributed by atoms with E-state index in [4.69, 9.17) is 26.1 Å². The van der Waals surface area contributed by atoms with E-state index in [1.165, 1.54) is 7.11 Å². The van der Waals surface area contributed by atoms with Gasteiger partial charge in [0.2, 0.25) is 0 Å². The van der Waals surface area contributed by atoms with Crippen molar-refractivity contribution in [3.8, 4) is 11.5 Å². The number of carbonyl (C=O) groups excluding carboxylic acids is 1. The van der Waals surface area contributed by atoms with Crippen LogP contribution >= 0.6 is 11.6 Å². The summed E-state index contributed by atoms with van der Waals surface area (Å²) in [4.78, 5) is 19.4. The molecule has 1 saturated heterocycles. The molecule has 7 heteroatoms. The van der Waals surface area contributed by atoms with Gasteiger partial charge in [0, 0.05) is 30.7 Å². The number of benzene rings is 2. The molecule has 29 heavy (non-hydrogen) atoms. The van der Waals surface area contributed by atoms with Crippen LogP contribution < -0.4 is 10.1 Å². The lowest BCUT2D eigenvalue weighted by Gasteiger charge is -2.38. The number of nitrogens with one attached hydrogen (secondary N) is 1. The molecule has 0 aliphatic carbocycles. The van der Waals surface area contributed by atoms with Crippen LogP contribution in [0.15, 0.2) is 47.5 Å². The molecule has 0 amide bonds. The molecule has 152 valence electrons. The number of rotatable bonds is 3. The number of ether oxygens (including phenoxy) is 2. The number of fused-ring (bicyclic) bond motifs is 2. The number of hydrogen-bond acceptors (Lipinski definition) is 6. The molecule has 2 aromatic rings. The van der Waals surface area contributed by atoms with Crippen molar-refractivity contribution in [3.63, 3.8) is 0 Å².